The van der Waals surface area contributed by atoms with Gasteiger partial charge in [-0.1, -0.05) is 36.4 Å². The van der Waals surface area contributed by atoms with Crippen LogP contribution in [0.5, 0.6) is 0 Å². The summed E-state index contributed by atoms with van der Waals surface area (Å²) in [7, 11) is 0. The molecule has 1 aromatic heterocycles. The summed E-state index contributed by atoms with van der Waals surface area (Å²) in [6.07, 6.45) is 4.26. The van der Waals surface area contributed by atoms with Crippen LogP contribution in [0.3, 0.4) is 0 Å². The molecule has 0 atom stereocenters. The molecule has 0 saturated heterocycles. The Hall–Kier alpha value is -3.21. The minimum absolute atomic E-state index is 0.141. The third-order valence-corrected chi connectivity index (χ3v) is 4.58. The van der Waals surface area contributed by atoms with E-state index in [4.69, 9.17) is 0 Å². The second-order valence-electron chi connectivity index (χ2n) is 6.24. The number of carbonyl (C=O) groups is 1. The highest BCUT2D eigenvalue weighted by molar-refractivity contribution is 5.95. The third kappa shape index (κ3) is 3.16. The molecule has 2 heterocycles. The molecular formula is C21H18FN3O. The molecule has 3 aromatic rings. The van der Waals surface area contributed by atoms with Crippen molar-refractivity contribution in [3.05, 3.63) is 89.5 Å². The summed E-state index contributed by atoms with van der Waals surface area (Å²) in [6, 6.07) is 16.5. The molecule has 4 nitrogen and oxygen atoms in total. The van der Waals surface area contributed by atoms with Gasteiger partial charge in [0.15, 0.2) is 0 Å². The molecule has 130 valence electrons. The standard InChI is InChI=1S/C21H18FN3O/c22-19-7-3-1-6-16(19)13-24-21(26)17-11-18(14-23-12-17)25-10-9-15-5-2-4-8-20(15)25/h1-8,11-12,14H,9-10,13H2,(H,24,26). The SMILES string of the molecule is O=C(NCc1ccccc1F)c1cncc(N2CCc3ccccc32)c1. The summed E-state index contributed by atoms with van der Waals surface area (Å²) in [5.41, 5.74) is 4.25. The molecular weight excluding hydrogens is 329 g/mol. The van der Waals surface area contributed by atoms with Gasteiger partial charge in [0.05, 0.1) is 17.4 Å². The zero-order valence-electron chi connectivity index (χ0n) is 14.2. The lowest BCUT2D eigenvalue weighted by atomic mass is 10.1. The van der Waals surface area contributed by atoms with Crippen LogP contribution in [0, 0.1) is 5.82 Å². The Morgan fingerprint density at radius 3 is 2.81 bits per heavy atom. The van der Waals surface area contributed by atoms with Gasteiger partial charge in [-0.2, -0.15) is 0 Å². The van der Waals surface area contributed by atoms with Crippen molar-refractivity contribution >= 4 is 17.3 Å². The topological polar surface area (TPSA) is 45.2 Å². The maximum Gasteiger partial charge on any atom is 0.253 e. The van der Waals surface area contributed by atoms with Gasteiger partial charge in [0, 0.05) is 30.5 Å². The molecule has 1 aliphatic rings. The Kier molecular flexibility index (Phi) is 4.35. The van der Waals surface area contributed by atoms with Crippen molar-refractivity contribution in [3.63, 3.8) is 0 Å². The van der Waals surface area contributed by atoms with Crippen LogP contribution in [-0.4, -0.2) is 17.4 Å². The molecule has 0 spiro atoms. The van der Waals surface area contributed by atoms with E-state index in [0.717, 1.165) is 24.3 Å². The van der Waals surface area contributed by atoms with Crippen molar-refractivity contribution in [2.75, 3.05) is 11.4 Å². The number of nitrogens with one attached hydrogen (secondary N) is 1. The van der Waals surface area contributed by atoms with Crippen molar-refractivity contribution < 1.29 is 9.18 Å². The van der Waals surface area contributed by atoms with Crippen molar-refractivity contribution in [1.29, 1.82) is 0 Å². The molecule has 26 heavy (non-hydrogen) atoms. The number of aromatic nitrogens is 1. The van der Waals surface area contributed by atoms with E-state index in [-0.39, 0.29) is 18.3 Å². The molecule has 0 bridgehead atoms. The van der Waals surface area contributed by atoms with Crippen LogP contribution in [-0.2, 0) is 13.0 Å². The van der Waals surface area contributed by atoms with Crippen LogP contribution in [0.2, 0.25) is 0 Å². The first-order valence-electron chi connectivity index (χ1n) is 8.54. The van der Waals surface area contributed by atoms with Crippen molar-refractivity contribution in [2.45, 2.75) is 13.0 Å². The number of nitrogens with zero attached hydrogens (tertiary/aromatic N) is 2. The Morgan fingerprint density at radius 2 is 1.92 bits per heavy atom. The van der Waals surface area contributed by atoms with Gasteiger partial charge in [0.25, 0.3) is 5.91 Å². The van der Waals surface area contributed by atoms with E-state index in [1.165, 1.54) is 17.8 Å². The highest BCUT2D eigenvalue weighted by Crippen LogP contribution is 2.34. The molecule has 4 rings (SSSR count). The van der Waals surface area contributed by atoms with E-state index in [2.05, 4.69) is 27.3 Å². The summed E-state index contributed by atoms with van der Waals surface area (Å²) in [4.78, 5) is 18.8. The van der Waals surface area contributed by atoms with E-state index in [9.17, 15) is 9.18 Å². The number of para-hydroxylation sites is 1. The van der Waals surface area contributed by atoms with E-state index < -0.39 is 0 Å². The van der Waals surface area contributed by atoms with Crippen LogP contribution in [0.15, 0.2) is 67.0 Å². The van der Waals surface area contributed by atoms with Gasteiger partial charge in [-0.15, -0.1) is 0 Å². The third-order valence-electron chi connectivity index (χ3n) is 4.58. The number of halogens is 1. The zero-order valence-corrected chi connectivity index (χ0v) is 14.2. The first-order chi connectivity index (χ1) is 12.7. The second kappa shape index (κ2) is 6.96. The summed E-state index contributed by atoms with van der Waals surface area (Å²) >= 11 is 0. The van der Waals surface area contributed by atoms with E-state index in [1.54, 1.807) is 24.4 Å². The van der Waals surface area contributed by atoms with E-state index in [0.29, 0.717) is 11.1 Å². The fourth-order valence-electron chi connectivity index (χ4n) is 3.23. The first kappa shape index (κ1) is 16.3. The fraction of sp³-hybridized carbons (Fsp3) is 0.143. The van der Waals surface area contributed by atoms with Crippen LogP contribution < -0.4 is 10.2 Å². The molecule has 0 unspecified atom stereocenters. The van der Waals surface area contributed by atoms with Crippen LogP contribution in [0.1, 0.15) is 21.5 Å². The largest absolute Gasteiger partial charge is 0.348 e. The van der Waals surface area contributed by atoms with E-state index in [1.807, 2.05) is 18.2 Å². The number of benzene rings is 2. The lowest BCUT2D eigenvalue weighted by Crippen LogP contribution is -2.24. The summed E-state index contributed by atoms with van der Waals surface area (Å²) in [5, 5.41) is 2.76. The quantitative estimate of drug-likeness (QED) is 0.780. The number of anilines is 2. The number of hydrogen-bond acceptors (Lipinski definition) is 3. The van der Waals surface area contributed by atoms with Crippen LogP contribution >= 0.6 is 0 Å². The van der Waals surface area contributed by atoms with Gasteiger partial charge in [-0.25, -0.2) is 4.39 Å². The van der Waals surface area contributed by atoms with Gasteiger partial charge in [-0.05, 0) is 30.2 Å². The van der Waals surface area contributed by atoms with Crippen molar-refractivity contribution in [1.82, 2.24) is 10.3 Å². The molecule has 2 aromatic carbocycles. The maximum atomic E-state index is 13.7. The highest BCUT2D eigenvalue weighted by Gasteiger charge is 2.20. The number of amides is 1. The molecule has 0 radical (unpaired) electrons. The summed E-state index contributed by atoms with van der Waals surface area (Å²) < 4.78 is 13.7. The van der Waals surface area contributed by atoms with Gasteiger partial charge in [0.1, 0.15) is 5.82 Å². The molecule has 1 amide bonds. The molecule has 1 aliphatic heterocycles. The minimum Gasteiger partial charge on any atom is -0.348 e. The number of rotatable bonds is 4. The minimum atomic E-state index is -0.326. The molecule has 0 aliphatic carbocycles. The van der Waals surface area contributed by atoms with Crippen LogP contribution in [0.25, 0.3) is 0 Å². The Bertz CT molecular complexity index is 957. The van der Waals surface area contributed by atoms with Crippen molar-refractivity contribution in [2.24, 2.45) is 0 Å². The maximum absolute atomic E-state index is 13.7. The number of carbonyl (C=O) groups excluding carboxylic acids is 1. The Labute approximate surface area is 151 Å². The average molecular weight is 347 g/mol. The normalized spacial score (nSPS) is 12.7. The van der Waals surface area contributed by atoms with E-state index >= 15 is 0 Å². The highest BCUT2D eigenvalue weighted by atomic mass is 19.1. The number of fused-ring (bicyclic) bond motifs is 1. The number of pyridine rings is 1. The van der Waals surface area contributed by atoms with Crippen molar-refractivity contribution in [3.8, 4) is 0 Å². The lowest BCUT2D eigenvalue weighted by Gasteiger charge is -2.19. The Morgan fingerprint density at radius 1 is 1.12 bits per heavy atom. The molecule has 0 saturated carbocycles. The van der Waals surface area contributed by atoms with Gasteiger partial charge >= 0.3 is 0 Å². The average Bonchev–Trinajstić information content (AvgIpc) is 3.11. The fourth-order valence-corrected chi connectivity index (χ4v) is 3.23. The zero-order chi connectivity index (χ0) is 17.9. The summed E-state index contributed by atoms with van der Waals surface area (Å²) in [5.74, 6) is -0.594. The molecule has 1 N–H and O–H groups in total. The predicted octanol–water partition coefficient (Wildman–Crippen LogP) is 3.84. The lowest BCUT2D eigenvalue weighted by molar-refractivity contribution is 0.0950. The van der Waals surface area contributed by atoms with Gasteiger partial charge in [-0.3, -0.25) is 9.78 Å². The van der Waals surface area contributed by atoms with Gasteiger partial charge < -0.3 is 10.2 Å². The number of hydrogen-bond donors (Lipinski definition) is 1. The first-order valence-corrected chi connectivity index (χ1v) is 8.54. The second-order valence-corrected chi connectivity index (χ2v) is 6.24. The molecule has 0 fully saturated rings. The molecule has 5 heteroatoms. The summed E-state index contributed by atoms with van der Waals surface area (Å²) in [6.45, 7) is 1.00. The van der Waals surface area contributed by atoms with Gasteiger partial charge in [0.2, 0.25) is 0 Å². The predicted molar refractivity (Wildman–Crippen MR) is 99.0 cm³/mol. The monoisotopic (exact) mass is 347 g/mol. The smallest absolute Gasteiger partial charge is 0.253 e. The Balaban J connectivity index is 1.51. The van der Waals surface area contributed by atoms with Crippen LogP contribution in [0.4, 0.5) is 15.8 Å².